The first-order chi connectivity index (χ1) is 14.6. The van der Waals surface area contributed by atoms with Crippen molar-refractivity contribution in [1.82, 2.24) is 14.7 Å². The summed E-state index contributed by atoms with van der Waals surface area (Å²) >= 11 is 0. The zero-order valence-electron chi connectivity index (χ0n) is 19.3. The van der Waals surface area contributed by atoms with E-state index in [1.165, 1.54) is 0 Å². The van der Waals surface area contributed by atoms with Gasteiger partial charge in [-0.2, -0.15) is 5.10 Å². The van der Waals surface area contributed by atoms with Gasteiger partial charge in [-0.1, -0.05) is 66.3 Å². The molecule has 2 atom stereocenters. The maximum Gasteiger partial charge on any atom is 0.147 e. The maximum atomic E-state index is 10.1. The van der Waals surface area contributed by atoms with Crippen LogP contribution >= 0.6 is 0 Å². The van der Waals surface area contributed by atoms with Crippen molar-refractivity contribution in [2.45, 2.75) is 53.6 Å². The summed E-state index contributed by atoms with van der Waals surface area (Å²) in [6.45, 7) is 20.4. The summed E-state index contributed by atoms with van der Waals surface area (Å²) in [5.74, 6) is 1.36. The van der Waals surface area contributed by atoms with Crippen LogP contribution in [-0.2, 0) is 6.54 Å². The summed E-state index contributed by atoms with van der Waals surface area (Å²) in [6, 6.07) is 6.30. The summed E-state index contributed by atoms with van der Waals surface area (Å²) in [7, 11) is 0. The largest absolute Gasteiger partial charge is 0.508 e. The topological polar surface area (TPSA) is 50.5 Å². The molecule has 0 saturated carbocycles. The average molecular weight is 420 g/mol. The summed E-state index contributed by atoms with van der Waals surface area (Å²) in [5.41, 5.74) is 4.41. The van der Waals surface area contributed by atoms with Gasteiger partial charge in [0.05, 0.1) is 30.6 Å². The van der Waals surface area contributed by atoms with E-state index in [0.717, 1.165) is 46.6 Å². The first-order valence-electron chi connectivity index (χ1n) is 11.0. The van der Waals surface area contributed by atoms with Gasteiger partial charge in [-0.3, -0.25) is 4.68 Å². The van der Waals surface area contributed by atoms with Crippen molar-refractivity contribution >= 4 is 16.6 Å². The summed E-state index contributed by atoms with van der Waals surface area (Å²) < 4.78 is 8.28. The maximum absolute atomic E-state index is 10.1. The normalized spacial score (nSPS) is 19.5. The third-order valence-corrected chi connectivity index (χ3v) is 6.39. The van der Waals surface area contributed by atoms with Gasteiger partial charge in [-0.05, 0) is 29.0 Å². The van der Waals surface area contributed by atoms with Crippen LogP contribution in [0.2, 0.25) is 0 Å². The number of nitrogens with zero attached hydrogens (tertiary/aromatic N) is 3. The molecular weight excluding hydrogens is 386 g/mol. The number of ether oxygens (including phenoxy) is 1. The Kier molecular flexibility index (Phi) is 5.24. The molecule has 164 valence electrons. The van der Waals surface area contributed by atoms with Gasteiger partial charge >= 0.3 is 0 Å². The molecular formula is C26H33N3O2. The highest BCUT2D eigenvalue weighted by molar-refractivity contribution is 5.95. The summed E-state index contributed by atoms with van der Waals surface area (Å²) in [6.07, 6.45) is 5.10. The SMILES string of the molecule is C=C(O)C1=CN2C(=CC1=C)c1c3cccc(OCC(C)CC)c3nn1CC2C(C)(C)C. The Bertz CT molecular complexity index is 1110. The fourth-order valence-electron chi connectivity index (χ4n) is 4.26. The van der Waals surface area contributed by atoms with Crippen molar-refractivity contribution in [1.29, 1.82) is 0 Å². The fraction of sp³-hybridized carbons (Fsp3) is 0.423. The van der Waals surface area contributed by atoms with Gasteiger partial charge in [0.25, 0.3) is 0 Å². The third kappa shape index (κ3) is 3.67. The van der Waals surface area contributed by atoms with E-state index < -0.39 is 0 Å². The third-order valence-electron chi connectivity index (χ3n) is 6.39. The highest BCUT2D eigenvalue weighted by Gasteiger charge is 2.40. The monoisotopic (exact) mass is 419 g/mol. The highest BCUT2D eigenvalue weighted by Crippen LogP contribution is 2.44. The second-order valence-electron chi connectivity index (χ2n) is 9.84. The van der Waals surface area contributed by atoms with Crippen LogP contribution in [0.5, 0.6) is 5.75 Å². The summed E-state index contributed by atoms with van der Waals surface area (Å²) in [5, 5.41) is 16.2. The number of aliphatic hydroxyl groups excluding tert-OH is 1. The smallest absolute Gasteiger partial charge is 0.147 e. The number of aliphatic hydroxyl groups is 1. The quantitative estimate of drug-likeness (QED) is 0.599. The lowest BCUT2D eigenvalue weighted by Gasteiger charge is -2.46. The fourth-order valence-corrected chi connectivity index (χ4v) is 4.26. The van der Waals surface area contributed by atoms with Crippen LogP contribution in [0.25, 0.3) is 16.6 Å². The second-order valence-corrected chi connectivity index (χ2v) is 9.84. The summed E-state index contributed by atoms with van der Waals surface area (Å²) in [4.78, 5) is 2.26. The minimum atomic E-state index is -0.0120. The molecule has 0 spiro atoms. The molecule has 0 fully saturated rings. The number of aromatic nitrogens is 2. The van der Waals surface area contributed by atoms with Crippen LogP contribution < -0.4 is 4.74 Å². The van der Waals surface area contributed by atoms with Crippen molar-refractivity contribution in [2.24, 2.45) is 11.3 Å². The van der Waals surface area contributed by atoms with Crippen LogP contribution in [0.4, 0.5) is 0 Å². The van der Waals surface area contributed by atoms with Crippen molar-refractivity contribution in [3.05, 3.63) is 66.2 Å². The van der Waals surface area contributed by atoms with Crippen LogP contribution in [0.15, 0.2) is 60.5 Å². The van der Waals surface area contributed by atoms with E-state index in [1.54, 1.807) is 0 Å². The van der Waals surface area contributed by atoms with Crippen molar-refractivity contribution in [3.63, 3.8) is 0 Å². The standard InChI is InChI=1S/C26H33N3O2/c1-8-16(2)15-31-22-11-9-10-19-24(22)27-29-14-23(26(5,6)7)28-13-20(18(4)30)17(3)12-21(28)25(19)29/h9-13,16,23,30H,3-4,8,14-15H2,1-2,5-7H3. The van der Waals surface area contributed by atoms with E-state index in [-0.39, 0.29) is 17.2 Å². The molecule has 0 aliphatic carbocycles. The number of allylic oxidation sites excluding steroid dienone is 2. The van der Waals surface area contributed by atoms with E-state index >= 15 is 0 Å². The lowest BCUT2D eigenvalue weighted by atomic mass is 9.82. The Morgan fingerprint density at radius 3 is 2.74 bits per heavy atom. The molecule has 4 rings (SSSR count). The van der Waals surface area contributed by atoms with Gasteiger partial charge in [0.1, 0.15) is 17.0 Å². The van der Waals surface area contributed by atoms with E-state index in [2.05, 4.69) is 63.4 Å². The number of hydrogen-bond acceptors (Lipinski definition) is 4. The van der Waals surface area contributed by atoms with E-state index in [0.29, 0.717) is 18.1 Å². The van der Waals surface area contributed by atoms with E-state index in [9.17, 15) is 5.11 Å². The predicted octanol–water partition coefficient (Wildman–Crippen LogP) is 6.06. The van der Waals surface area contributed by atoms with Gasteiger partial charge in [0, 0.05) is 17.2 Å². The second kappa shape index (κ2) is 7.63. The van der Waals surface area contributed by atoms with Crippen molar-refractivity contribution in [2.75, 3.05) is 6.61 Å². The molecule has 1 N–H and O–H groups in total. The molecule has 1 aromatic carbocycles. The molecule has 2 aliphatic rings. The zero-order chi connectivity index (χ0) is 22.5. The van der Waals surface area contributed by atoms with Gasteiger partial charge in [0.2, 0.25) is 0 Å². The highest BCUT2D eigenvalue weighted by atomic mass is 16.5. The average Bonchev–Trinajstić information content (AvgIpc) is 3.09. The van der Waals surface area contributed by atoms with Gasteiger partial charge in [0.15, 0.2) is 0 Å². The molecule has 31 heavy (non-hydrogen) atoms. The van der Waals surface area contributed by atoms with Crippen LogP contribution in [0.1, 0.15) is 46.7 Å². The Balaban J connectivity index is 1.87. The minimum absolute atomic E-state index is 0.0120. The molecule has 2 unspecified atom stereocenters. The molecule has 0 radical (unpaired) electrons. The number of fused-ring (bicyclic) bond motifs is 5. The Labute approximate surface area is 185 Å². The molecule has 5 heteroatoms. The van der Waals surface area contributed by atoms with Gasteiger partial charge in [-0.15, -0.1) is 0 Å². The molecule has 1 aromatic heterocycles. The first kappa shape index (κ1) is 21.3. The Morgan fingerprint density at radius 1 is 1.35 bits per heavy atom. The lowest BCUT2D eigenvalue weighted by molar-refractivity contribution is 0.156. The zero-order valence-corrected chi connectivity index (χ0v) is 19.3. The van der Waals surface area contributed by atoms with Crippen LogP contribution in [0.3, 0.4) is 0 Å². The number of rotatable bonds is 5. The molecule has 3 heterocycles. The minimum Gasteiger partial charge on any atom is -0.508 e. The van der Waals surface area contributed by atoms with E-state index in [1.807, 2.05) is 24.4 Å². The Morgan fingerprint density at radius 2 is 2.10 bits per heavy atom. The van der Waals surface area contributed by atoms with Gasteiger partial charge in [-0.25, -0.2) is 0 Å². The first-order valence-corrected chi connectivity index (χ1v) is 11.0. The van der Waals surface area contributed by atoms with Crippen molar-refractivity contribution < 1.29 is 9.84 Å². The molecule has 0 bridgehead atoms. The van der Waals surface area contributed by atoms with Crippen LogP contribution in [-0.4, -0.2) is 32.4 Å². The Hall–Kier alpha value is -2.95. The predicted molar refractivity (Wildman–Crippen MR) is 127 cm³/mol. The number of hydrogen-bond donors (Lipinski definition) is 1. The van der Waals surface area contributed by atoms with Crippen LogP contribution in [0, 0.1) is 11.3 Å². The number of benzene rings is 1. The van der Waals surface area contributed by atoms with Crippen molar-refractivity contribution in [3.8, 4) is 5.75 Å². The lowest BCUT2D eigenvalue weighted by Crippen LogP contribution is -2.47. The molecule has 0 amide bonds. The molecule has 0 saturated heterocycles. The molecule has 2 aromatic rings. The molecule has 2 aliphatic heterocycles. The van der Waals surface area contributed by atoms with Gasteiger partial charge < -0.3 is 14.7 Å². The molecule has 5 nitrogen and oxygen atoms in total. The van der Waals surface area contributed by atoms with E-state index in [4.69, 9.17) is 9.84 Å².